The van der Waals surface area contributed by atoms with E-state index in [4.69, 9.17) is 0 Å². The molecule has 0 fully saturated rings. The van der Waals surface area contributed by atoms with E-state index in [-0.39, 0.29) is 23.5 Å². The van der Waals surface area contributed by atoms with Crippen molar-refractivity contribution in [1.29, 1.82) is 0 Å². The minimum atomic E-state index is -0.580. The molecule has 0 radical (unpaired) electrons. The fourth-order valence-electron chi connectivity index (χ4n) is 5.04. The molecule has 7 heteroatoms. The third-order valence-electron chi connectivity index (χ3n) is 6.44. The summed E-state index contributed by atoms with van der Waals surface area (Å²) in [5, 5.41) is 13.1. The number of phenols is 1. The van der Waals surface area contributed by atoms with E-state index in [1.54, 1.807) is 24.3 Å². The number of nitrogens with zero attached hydrogens (tertiary/aromatic N) is 1. The number of aromatic hydroxyl groups is 1. The van der Waals surface area contributed by atoms with Gasteiger partial charge in [-0.3, -0.25) is 19.1 Å². The van der Waals surface area contributed by atoms with Gasteiger partial charge in [0.1, 0.15) is 17.4 Å². The van der Waals surface area contributed by atoms with Crippen LogP contribution < -0.4 is 16.6 Å². The second kappa shape index (κ2) is 7.62. The Hall–Kier alpha value is -3.87. The maximum absolute atomic E-state index is 13.3. The van der Waals surface area contributed by atoms with Crippen LogP contribution in [-0.2, 0) is 11.3 Å². The van der Waals surface area contributed by atoms with Crippen LogP contribution >= 0.6 is 0 Å². The lowest BCUT2D eigenvalue weighted by Gasteiger charge is -2.41. The van der Waals surface area contributed by atoms with Gasteiger partial charge in [0.15, 0.2) is 0 Å². The van der Waals surface area contributed by atoms with Crippen molar-refractivity contribution in [2.24, 2.45) is 11.3 Å². The van der Waals surface area contributed by atoms with Crippen LogP contribution in [0.3, 0.4) is 0 Å². The zero-order chi connectivity index (χ0) is 23.3. The first-order valence-corrected chi connectivity index (χ1v) is 11.0. The van der Waals surface area contributed by atoms with Crippen LogP contribution in [-0.4, -0.2) is 20.4 Å². The highest BCUT2D eigenvalue weighted by molar-refractivity contribution is 5.90. The van der Waals surface area contributed by atoms with Crippen LogP contribution in [0.2, 0.25) is 0 Å². The van der Waals surface area contributed by atoms with E-state index in [9.17, 15) is 19.5 Å². The van der Waals surface area contributed by atoms with Gasteiger partial charge in [-0.25, -0.2) is 4.79 Å². The maximum Gasteiger partial charge on any atom is 0.330 e. The second-order valence-electron chi connectivity index (χ2n) is 9.50. The van der Waals surface area contributed by atoms with Crippen molar-refractivity contribution in [1.82, 2.24) is 9.55 Å². The van der Waals surface area contributed by atoms with Crippen LogP contribution in [0.15, 0.2) is 76.0 Å². The molecule has 7 nitrogen and oxygen atoms in total. The predicted octanol–water partition coefficient (Wildman–Crippen LogP) is 3.35. The number of aromatic amines is 1. The van der Waals surface area contributed by atoms with Crippen LogP contribution in [0.5, 0.6) is 5.75 Å². The summed E-state index contributed by atoms with van der Waals surface area (Å²) in [7, 11) is 0. The molecule has 2 aliphatic rings. The SMILES string of the molecule is CC1(C)C=C2Nc3c(c(=O)[nH]c(=O)n3Cc3ccccc3)C(c3ccc(O)cc3)C2C(=O)C1. The topological polar surface area (TPSA) is 104 Å². The predicted molar refractivity (Wildman–Crippen MR) is 125 cm³/mol. The average Bonchev–Trinajstić information content (AvgIpc) is 2.76. The van der Waals surface area contributed by atoms with Crippen molar-refractivity contribution >= 4 is 11.6 Å². The highest BCUT2D eigenvalue weighted by Crippen LogP contribution is 2.48. The van der Waals surface area contributed by atoms with E-state index in [1.165, 1.54) is 4.57 Å². The van der Waals surface area contributed by atoms with Crippen LogP contribution in [0.25, 0.3) is 0 Å². The summed E-state index contributed by atoms with van der Waals surface area (Å²) in [4.78, 5) is 41.9. The first kappa shape index (κ1) is 21.0. The number of nitrogens with one attached hydrogen (secondary N) is 2. The number of allylic oxidation sites excluding steroid dienone is 2. The summed E-state index contributed by atoms with van der Waals surface area (Å²) in [6.07, 6.45) is 2.39. The number of carbonyl (C=O) groups excluding carboxylic acids is 1. The monoisotopic (exact) mass is 443 g/mol. The Kier molecular flexibility index (Phi) is 4.85. The normalized spacial score (nSPS) is 20.9. The third kappa shape index (κ3) is 3.69. The lowest BCUT2D eigenvalue weighted by Crippen LogP contribution is -2.45. The van der Waals surface area contributed by atoms with Crippen LogP contribution in [0.4, 0.5) is 5.82 Å². The number of hydrogen-bond donors (Lipinski definition) is 3. The summed E-state index contributed by atoms with van der Waals surface area (Å²) in [6.45, 7) is 4.26. The molecule has 2 heterocycles. The van der Waals surface area contributed by atoms with Crippen molar-refractivity contribution < 1.29 is 9.90 Å². The maximum atomic E-state index is 13.3. The standard InChI is InChI=1S/C26H25N3O4/c1-26(2)12-18-21(19(31)13-26)20(16-8-10-17(30)11-9-16)22-23(27-18)29(25(33)28-24(22)32)14-15-6-4-3-5-7-15/h3-12,20-21,27,30H,13-14H2,1-2H3,(H,28,32,33). The summed E-state index contributed by atoms with van der Waals surface area (Å²) >= 11 is 0. The molecule has 2 atom stereocenters. The Morgan fingerprint density at radius 1 is 1.00 bits per heavy atom. The molecule has 0 spiro atoms. The third-order valence-corrected chi connectivity index (χ3v) is 6.44. The van der Waals surface area contributed by atoms with Gasteiger partial charge in [0.2, 0.25) is 0 Å². The van der Waals surface area contributed by atoms with E-state index >= 15 is 0 Å². The largest absolute Gasteiger partial charge is 0.508 e. The molecule has 0 saturated heterocycles. The number of anilines is 1. The number of Topliss-reactive ketones (excluding diaryl/α,β-unsaturated/α-hetero) is 1. The van der Waals surface area contributed by atoms with Gasteiger partial charge in [-0.2, -0.15) is 0 Å². The van der Waals surface area contributed by atoms with E-state index in [0.29, 0.717) is 23.5 Å². The van der Waals surface area contributed by atoms with Gasteiger partial charge in [0, 0.05) is 18.0 Å². The molecule has 3 N–H and O–H groups in total. The summed E-state index contributed by atoms with van der Waals surface area (Å²) in [5.41, 5.74) is 1.32. The number of benzene rings is 2. The van der Waals surface area contributed by atoms with Gasteiger partial charge in [-0.05, 0) is 28.7 Å². The number of phenolic OH excluding ortho intramolecular Hbond substituents is 1. The smallest absolute Gasteiger partial charge is 0.330 e. The lowest BCUT2D eigenvalue weighted by molar-refractivity contribution is -0.124. The van der Waals surface area contributed by atoms with E-state index in [1.807, 2.05) is 50.3 Å². The van der Waals surface area contributed by atoms with Gasteiger partial charge in [0.25, 0.3) is 5.56 Å². The van der Waals surface area contributed by atoms with Gasteiger partial charge in [-0.1, -0.05) is 62.4 Å². The highest BCUT2D eigenvalue weighted by Gasteiger charge is 2.45. The van der Waals surface area contributed by atoms with Crippen molar-refractivity contribution in [2.75, 3.05) is 5.32 Å². The van der Waals surface area contributed by atoms with E-state index < -0.39 is 23.1 Å². The Morgan fingerprint density at radius 2 is 1.70 bits per heavy atom. The van der Waals surface area contributed by atoms with Crippen molar-refractivity contribution in [2.45, 2.75) is 32.7 Å². The molecule has 0 bridgehead atoms. The second-order valence-corrected chi connectivity index (χ2v) is 9.50. The Balaban J connectivity index is 1.78. The summed E-state index contributed by atoms with van der Waals surface area (Å²) in [6, 6.07) is 16.1. The number of ketones is 1. The van der Waals surface area contributed by atoms with Gasteiger partial charge >= 0.3 is 5.69 Å². The molecule has 2 aromatic carbocycles. The van der Waals surface area contributed by atoms with Crippen LogP contribution in [0.1, 0.15) is 42.9 Å². The van der Waals surface area contributed by atoms with Crippen molar-refractivity contribution in [3.05, 3.63) is 104 Å². The molecule has 168 valence electrons. The molecule has 2 unspecified atom stereocenters. The minimum absolute atomic E-state index is 0.0361. The molecule has 3 aromatic rings. The first-order chi connectivity index (χ1) is 15.7. The Labute approximate surface area is 190 Å². The number of carbonyl (C=O) groups is 1. The van der Waals surface area contributed by atoms with Gasteiger partial charge in [0.05, 0.1) is 18.0 Å². The number of rotatable bonds is 3. The molecule has 5 rings (SSSR count). The Morgan fingerprint density at radius 3 is 2.39 bits per heavy atom. The fourth-order valence-corrected chi connectivity index (χ4v) is 5.04. The average molecular weight is 444 g/mol. The fraction of sp³-hybridized carbons (Fsp3) is 0.269. The highest BCUT2D eigenvalue weighted by atomic mass is 16.3. The van der Waals surface area contributed by atoms with Gasteiger partial charge < -0.3 is 10.4 Å². The molecule has 1 aliphatic carbocycles. The summed E-state index contributed by atoms with van der Waals surface area (Å²) in [5.74, 6) is -0.614. The number of fused-ring (bicyclic) bond motifs is 2. The van der Waals surface area contributed by atoms with Crippen molar-refractivity contribution in [3.8, 4) is 5.75 Å². The zero-order valence-electron chi connectivity index (χ0n) is 18.5. The number of aromatic nitrogens is 2. The summed E-state index contributed by atoms with van der Waals surface area (Å²) < 4.78 is 1.52. The van der Waals surface area contributed by atoms with Crippen LogP contribution in [0, 0.1) is 11.3 Å². The Bertz CT molecular complexity index is 1380. The van der Waals surface area contributed by atoms with Crippen molar-refractivity contribution in [3.63, 3.8) is 0 Å². The lowest BCUT2D eigenvalue weighted by atomic mass is 9.67. The molecular formula is C26H25N3O4. The first-order valence-electron chi connectivity index (χ1n) is 11.0. The minimum Gasteiger partial charge on any atom is -0.508 e. The molecule has 1 aromatic heterocycles. The molecule has 0 amide bonds. The molecule has 0 saturated carbocycles. The number of hydrogen-bond acceptors (Lipinski definition) is 5. The number of H-pyrrole nitrogens is 1. The molecule has 1 aliphatic heterocycles. The van der Waals surface area contributed by atoms with Gasteiger partial charge in [-0.15, -0.1) is 0 Å². The molecular weight excluding hydrogens is 418 g/mol. The van der Waals surface area contributed by atoms with E-state index in [2.05, 4.69) is 10.3 Å². The zero-order valence-corrected chi connectivity index (χ0v) is 18.5. The van der Waals surface area contributed by atoms with E-state index in [0.717, 1.165) is 11.1 Å². The molecule has 33 heavy (non-hydrogen) atoms. The quantitative estimate of drug-likeness (QED) is 0.576.